The summed E-state index contributed by atoms with van der Waals surface area (Å²) in [6.45, 7) is 1.34. The average molecular weight is 364 g/mol. The molecule has 4 N–H and O–H groups in total. The molecule has 1 aromatic rings. The molecule has 10 heteroatoms. The number of hydrogen-bond acceptors (Lipinski definition) is 7. The van der Waals surface area contributed by atoms with Crippen LogP contribution >= 0.6 is 11.8 Å². The Balaban J connectivity index is 1.92. The highest BCUT2D eigenvalue weighted by Crippen LogP contribution is 2.22. The zero-order valence-corrected chi connectivity index (χ0v) is 14.0. The number of nitrogens with zero attached hydrogens (tertiary/aromatic N) is 2. The predicted molar refractivity (Wildman–Crippen MR) is 92.5 cm³/mol. The van der Waals surface area contributed by atoms with Gasteiger partial charge in [0, 0.05) is 12.0 Å². The summed E-state index contributed by atoms with van der Waals surface area (Å²) in [6, 6.07) is 5.53. The summed E-state index contributed by atoms with van der Waals surface area (Å²) in [7, 11) is 0. The molecule has 0 bridgehead atoms. The van der Waals surface area contributed by atoms with Gasteiger partial charge < -0.3 is 20.8 Å². The van der Waals surface area contributed by atoms with Crippen molar-refractivity contribution in [3.63, 3.8) is 0 Å². The minimum Gasteiger partial charge on any atom is -0.507 e. The average Bonchev–Trinajstić information content (AvgIpc) is 2.88. The van der Waals surface area contributed by atoms with Gasteiger partial charge in [0.15, 0.2) is 5.17 Å². The third kappa shape index (κ3) is 5.31. The van der Waals surface area contributed by atoms with Gasteiger partial charge in [0.25, 0.3) is 0 Å². The molecule has 9 nitrogen and oxygen atoms in total. The monoisotopic (exact) mass is 364 g/mol. The van der Waals surface area contributed by atoms with Gasteiger partial charge in [-0.1, -0.05) is 23.9 Å². The lowest BCUT2D eigenvalue weighted by atomic mass is 10.2. The number of phenols is 1. The van der Waals surface area contributed by atoms with Crippen LogP contribution in [-0.4, -0.2) is 50.7 Å². The molecule has 0 aromatic heterocycles. The van der Waals surface area contributed by atoms with E-state index in [4.69, 9.17) is 5.11 Å². The lowest BCUT2D eigenvalue weighted by Gasteiger charge is -2.10. The topological polar surface area (TPSA) is 140 Å². The van der Waals surface area contributed by atoms with Crippen molar-refractivity contribution >= 4 is 40.9 Å². The first-order valence-electron chi connectivity index (χ1n) is 7.25. The van der Waals surface area contributed by atoms with E-state index in [2.05, 4.69) is 20.8 Å². The van der Waals surface area contributed by atoms with Crippen LogP contribution in [0, 0.1) is 0 Å². The second kappa shape index (κ2) is 8.29. The number of amides is 2. The third-order valence-corrected chi connectivity index (χ3v) is 4.25. The highest BCUT2D eigenvalue weighted by molar-refractivity contribution is 8.15. The second-order valence-electron chi connectivity index (χ2n) is 5.14. The van der Waals surface area contributed by atoms with Crippen LogP contribution in [0.25, 0.3) is 0 Å². The van der Waals surface area contributed by atoms with E-state index < -0.39 is 29.1 Å². The molecule has 0 unspecified atom stereocenters. The Kier molecular flexibility index (Phi) is 6.12. The first-order valence-corrected chi connectivity index (χ1v) is 8.13. The van der Waals surface area contributed by atoms with Gasteiger partial charge in [-0.25, -0.2) is 0 Å². The fraction of sp³-hybridized carbons (Fsp3) is 0.267. The molecular weight excluding hydrogens is 348 g/mol. The zero-order valence-electron chi connectivity index (χ0n) is 13.2. The highest BCUT2D eigenvalue weighted by Gasteiger charge is 2.32. The standard InChI is InChI=1S/C15H16N4O5S/c1-8(14(23)24)17-12(21)6-11-13(22)18-15(25-11)19-16-7-9-4-2-3-5-10(9)20/h2-5,7-8,11,20H,6H2,1H3,(H,17,21)(H,23,24)(H,18,19,22)/b16-7-/t8-,11-/m1/s1. The second-order valence-corrected chi connectivity index (χ2v) is 6.33. The van der Waals surface area contributed by atoms with Gasteiger partial charge >= 0.3 is 5.97 Å². The van der Waals surface area contributed by atoms with Crippen LogP contribution in [0.1, 0.15) is 18.9 Å². The Bertz CT molecular complexity index is 749. The van der Waals surface area contributed by atoms with Gasteiger partial charge in [0.05, 0.1) is 6.21 Å². The van der Waals surface area contributed by atoms with Crippen molar-refractivity contribution in [3.05, 3.63) is 29.8 Å². The number of para-hydroxylation sites is 1. The molecule has 1 heterocycles. The fourth-order valence-corrected chi connectivity index (χ4v) is 2.78. The lowest BCUT2D eigenvalue weighted by molar-refractivity contribution is -0.141. The summed E-state index contributed by atoms with van der Waals surface area (Å²) in [6.07, 6.45) is 1.17. The minimum atomic E-state index is -1.15. The van der Waals surface area contributed by atoms with E-state index in [-0.39, 0.29) is 17.3 Å². The number of nitrogens with one attached hydrogen (secondary N) is 2. The Morgan fingerprint density at radius 2 is 2.16 bits per heavy atom. The Hall–Kier alpha value is -2.88. The van der Waals surface area contributed by atoms with E-state index in [0.717, 1.165) is 11.8 Å². The number of thioether (sulfide) groups is 1. The maximum Gasteiger partial charge on any atom is 0.325 e. The zero-order chi connectivity index (χ0) is 18.4. The van der Waals surface area contributed by atoms with Crippen molar-refractivity contribution in [2.75, 3.05) is 0 Å². The summed E-state index contributed by atoms with van der Waals surface area (Å²) in [5.41, 5.74) is 0.472. The molecule has 132 valence electrons. The molecule has 2 rings (SSSR count). The molecule has 1 fully saturated rings. The van der Waals surface area contributed by atoms with E-state index in [1.54, 1.807) is 18.2 Å². The van der Waals surface area contributed by atoms with Crippen molar-refractivity contribution in [3.8, 4) is 5.75 Å². The summed E-state index contributed by atoms with van der Waals surface area (Å²) in [5.74, 6) is -2.05. The fourth-order valence-electron chi connectivity index (χ4n) is 1.86. The van der Waals surface area contributed by atoms with Gasteiger partial charge in [0.1, 0.15) is 17.0 Å². The van der Waals surface area contributed by atoms with E-state index in [0.29, 0.717) is 5.56 Å². The molecule has 0 aliphatic carbocycles. The number of amidine groups is 1. The number of benzene rings is 1. The summed E-state index contributed by atoms with van der Waals surface area (Å²) >= 11 is 1.03. The van der Waals surface area contributed by atoms with Crippen LogP contribution in [0.15, 0.2) is 34.5 Å². The molecule has 1 aromatic carbocycles. The van der Waals surface area contributed by atoms with Crippen molar-refractivity contribution in [2.24, 2.45) is 10.2 Å². The lowest BCUT2D eigenvalue weighted by Crippen LogP contribution is -2.40. The van der Waals surface area contributed by atoms with Gasteiger partial charge in [-0.05, 0) is 19.1 Å². The van der Waals surface area contributed by atoms with E-state index in [1.165, 1.54) is 19.2 Å². The largest absolute Gasteiger partial charge is 0.507 e. The predicted octanol–water partition coefficient (Wildman–Crippen LogP) is 0.293. The number of rotatable bonds is 6. The smallest absolute Gasteiger partial charge is 0.325 e. The number of aliphatic carboxylic acids is 1. The van der Waals surface area contributed by atoms with Crippen LogP contribution in [0.5, 0.6) is 5.75 Å². The van der Waals surface area contributed by atoms with Gasteiger partial charge in [-0.3, -0.25) is 14.4 Å². The molecule has 0 radical (unpaired) electrons. The quantitative estimate of drug-likeness (QED) is 0.422. The summed E-state index contributed by atoms with van der Waals surface area (Å²) in [5, 5.41) is 30.3. The first-order chi connectivity index (χ1) is 11.9. The Labute approximate surface area is 147 Å². The number of hydrogen-bond donors (Lipinski definition) is 4. The minimum absolute atomic E-state index is 0.0525. The number of carbonyl (C=O) groups excluding carboxylic acids is 2. The first kappa shape index (κ1) is 18.5. The van der Waals surface area contributed by atoms with Crippen molar-refractivity contribution in [1.82, 2.24) is 10.6 Å². The molecule has 2 atom stereocenters. The number of aromatic hydroxyl groups is 1. The maximum atomic E-state index is 11.8. The van der Waals surface area contributed by atoms with Crippen molar-refractivity contribution < 1.29 is 24.6 Å². The molecule has 1 aliphatic rings. The molecule has 0 spiro atoms. The maximum absolute atomic E-state index is 11.8. The number of carbonyl (C=O) groups is 3. The van der Waals surface area contributed by atoms with Gasteiger partial charge in [-0.2, -0.15) is 5.10 Å². The van der Waals surface area contributed by atoms with Crippen LogP contribution in [0.4, 0.5) is 0 Å². The van der Waals surface area contributed by atoms with Crippen LogP contribution in [-0.2, 0) is 14.4 Å². The van der Waals surface area contributed by atoms with E-state index in [9.17, 15) is 19.5 Å². The van der Waals surface area contributed by atoms with Crippen LogP contribution in [0.3, 0.4) is 0 Å². The molecular formula is C15H16N4O5S. The normalized spacial score (nSPS) is 19.8. The molecule has 0 saturated carbocycles. The van der Waals surface area contributed by atoms with Gasteiger partial charge in [-0.15, -0.1) is 5.10 Å². The van der Waals surface area contributed by atoms with Crippen molar-refractivity contribution in [2.45, 2.75) is 24.6 Å². The molecule has 2 amide bonds. The summed E-state index contributed by atoms with van der Waals surface area (Å²) in [4.78, 5) is 34.3. The van der Waals surface area contributed by atoms with Crippen LogP contribution in [0.2, 0.25) is 0 Å². The SMILES string of the molecule is C[C@@H](NC(=O)C[C@H]1SC(=N/N=C\c2ccccc2O)NC1=O)C(=O)O. The third-order valence-electron chi connectivity index (χ3n) is 3.18. The number of phenolic OH excluding ortho intramolecular Hbond substituents is 1. The number of carboxylic acids is 1. The van der Waals surface area contributed by atoms with Crippen molar-refractivity contribution in [1.29, 1.82) is 0 Å². The highest BCUT2D eigenvalue weighted by atomic mass is 32.2. The number of carboxylic acid groups (broad SMARTS) is 1. The Morgan fingerprint density at radius 1 is 1.44 bits per heavy atom. The molecule has 1 saturated heterocycles. The van der Waals surface area contributed by atoms with Gasteiger partial charge in [0.2, 0.25) is 11.8 Å². The Morgan fingerprint density at radius 3 is 2.84 bits per heavy atom. The molecule has 25 heavy (non-hydrogen) atoms. The van der Waals surface area contributed by atoms with Crippen LogP contribution < -0.4 is 10.6 Å². The van der Waals surface area contributed by atoms with E-state index >= 15 is 0 Å². The van der Waals surface area contributed by atoms with E-state index in [1.807, 2.05) is 0 Å². The molecule has 1 aliphatic heterocycles. The summed E-state index contributed by atoms with van der Waals surface area (Å²) < 4.78 is 0.